The van der Waals surface area contributed by atoms with E-state index in [4.69, 9.17) is 0 Å². The van der Waals surface area contributed by atoms with Crippen molar-refractivity contribution in [2.75, 3.05) is 0 Å². The molecule has 0 aliphatic heterocycles. The highest BCUT2D eigenvalue weighted by molar-refractivity contribution is 5.23. The molecule has 2 nitrogen and oxygen atoms in total. The van der Waals surface area contributed by atoms with Gasteiger partial charge in [0, 0.05) is 12.4 Å². The van der Waals surface area contributed by atoms with Crippen molar-refractivity contribution in [1.29, 1.82) is 5.26 Å². The molecule has 0 spiro atoms. The van der Waals surface area contributed by atoms with Crippen LogP contribution in [0.25, 0.3) is 0 Å². The van der Waals surface area contributed by atoms with Crippen molar-refractivity contribution in [3.8, 4) is 6.07 Å². The van der Waals surface area contributed by atoms with Crippen molar-refractivity contribution in [3.63, 3.8) is 0 Å². The van der Waals surface area contributed by atoms with Crippen LogP contribution in [0.5, 0.6) is 0 Å². The van der Waals surface area contributed by atoms with Gasteiger partial charge >= 0.3 is 0 Å². The van der Waals surface area contributed by atoms with E-state index in [0.717, 1.165) is 5.56 Å². The molecule has 15 heavy (non-hydrogen) atoms. The summed E-state index contributed by atoms with van der Waals surface area (Å²) in [5.74, 6) is 0.638. The van der Waals surface area contributed by atoms with Crippen LogP contribution in [0.3, 0.4) is 0 Å². The van der Waals surface area contributed by atoms with Gasteiger partial charge in [-0.25, -0.2) is 0 Å². The molecule has 1 atom stereocenters. The lowest BCUT2D eigenvalue weighted by atomic mass is 9.78. The molecule has 0 amide bonds. The molecule has 0 aromatic carbocycles. The molecular formula is C13H16N2. The molecular weight excluding hydrogens is 184 g/mol. The number of rotatable bonds is 2. The van der Waals surface area contributed by atoms with E-state index >= 15 is 0 Å². The first kappa shape index (κ1) is 10.2. The van der Waals surface area contributed by atoms with Crippen LogP contribution in [-0.2, 0) is 0 Å². The number of pyridine rings is 1. The van der Waals surface area contributed by atoms with Gasteiger partial charge < -0.3 is 0 Å². The van der Waals surface area contributed by atoms with Gasteiger partial charge in [0.25, 0.3) is 0 Å². The van der Waals surface area contributed by atoms with Crippen molar-refractivity contribution in [2.45, 2.75) is 38.0 Å². The third-order valence-electron chi connectivity index (χ3n) is 3.33. The van der Waals surface area contributed by atoms with E-state index < -0.39 is 0 Å². The third-order valence-corrected chi connectivity index (χ3v) is 3.33. The molecule has 1 aromatic rings. The van der Waals surface area contributed by atoms with E-state index in [9.17, 15) is 5.26 Å². The predicted molar refractivity (Wildman–Crippen MR) is 59.2 cm³/mol. The molecule has 1 aromatic heterocycles. The summed E-state index contributed by atoms with van der Waals surface area (Å²) in [7, 11) is 0. The summed E-state index contributed by atoms with van der Waals surface area (Å²) < 4.78 is 0. The zero-order valence-electron chi connectivity index (χ0n) is 8.89. The Morgan fingerprint density at radius 1 is 1.20 bits per heavy atom. The Bertz CT molecular complexity index is 333. The van der Waals surface area contributed by atoms with Crippen LogP contribution in [0.2, 0.25) is 0 Å². The summed E-state index contributed by atoms with van der Waals surface area (Å²) in [5.41, 5.74) is 1.14. The van der Waals surface area contributed by atoms with E-state index in [0.29, 0.717) is 5.92 Å². The largest absolute Gasteiger partial charge is 0.265 e. The molecule has 1 fully saturated rings. The van der Waals surface area contributed by atoms with E-state index in [1.165, 1.54) is 32.1 Å². The number of aromatic nitrogens is 1. The maximum absolute atomic E-state index is 9.26. The van der Waals surface area contributed by atoms with Gasteiger partial charge in [0.1, 0.15) is 0 Å². The second-order valence-corrected chi connectivity index (χ2v) is 4.29. The molecule has 0 N–H and O–H groups in total. The molecule has 1 unspecified atom stereocenters. The quantitative estimate of drug-likeness (QED) is 0.734. The molecule has 1 aliphatic rings. The van der Waals surface area contributed by atoms with E-state index in [2.05, 4.69) is 11.1 Å². The molecule has 0 saturated heterocycles. The second-order valence-electron chi connectivity index (χ2n) is 4.29. The number of nitriles is 1. The topological polar surface area (TPSA) is 36.7 Å². The Hall–Kier alpha value is -1.36. The molecule has 1 heterocycles. The van der Waals surface area contributed by atoms with E-state index in [-0.39, 0.29) is 5.92 Å². The molecule has 1 saturated carbocycles. The smallest absolute Gasteiger partial charge is 0.0742 e. The van der Waals surface area contributed by atoms with Gasteiger partial charge in [-0.2, -0.15) is 5.26 Å². The average Bonchev–Trinajstić information content (AvgIpc) is 2.33. The van der Waals surface area contributed by atoms with Gasteiger partial charge in [0.15, 0.2) is 0 Å². The number of hydrogen-bond donors (Lipinski definition) is 0. The highest BCUT2D eigenvalue weighted by Crippen LogP contribution is 2.35. The first-order valence-corrected chi connectivity index (χ1v) is 5.71. The Labute approximate surface area is 91.0 Å². The van der Waals surface area contributed by atoms with Crippen LogP contribution in [-0.4, -0.2) is 4.98 Å². The van der Waals surface area contributed by atoms with Crippen molar-refractivity contribution in [3.05, 3.63) is 30.1 Å². The van der Waals surface area contributed by atoms with Crippen molar-refractivity contribution >= 4 is 0 Å². The van der Waals surface area contributed by atoms with Gasteiger partial charge in [-0.15, -0.1) is 0 Å². The first-order valence-electron chi connectivity index (χ1n) is 5.71. The first-order chi connectivity index (χ1) is 7.42. The highest BCUT2D eigenvalue weighted by Gasteiger charge is 2.24. The molecule has 0 radical (unpaired) electrons. The van der Waals surface area contributed by atoms with Gasteiger partial charge in [-0.05, 0) is 36.5 Å². The lowest BCUT2D eigenvalue weighted by molar-refractivity contribution is 0.335. The Morgan fingerprint density at radius 3 is 2.47 bits per heavy atom. The second kappa shape index (κ2) is 4.93. The summed E-state index contributed by atoms with van der Waals surface area (Å²) >= 11 is 0. The zero-order chi connectivity index (χ0) is 10.5. The fourth-order valence-electron chi connectivity index (χ4n) is 2.49. The Morgan fingerprint density at radius 2 is 1.87 bits per heavy atom. The maximum atomic E-state index is 9.26. The van der Waals surface area contributed by atoms with Crippen LogP contribution < -0.4 is 0 Å². The highest BCUT2D eigenvalue weighted by atomic mass is 14.6. The van der Waals surface area contributed by atoms with Gasteiger partial charge in [0.05, 0.1) is 12.0 Å². The van der Waals surface area contributed by atoms with Crippen LogP contribution in [0.1, 0.15) is 43.6 Å². The van der Waals surface area contributed by atoms with Gasteiger partial charge in [-0.3, -0.25) is 4.98 Å². The maximum Gasteiger partial charge on any atom is 0.0742 e. The normalized spacial score (nSPS) is 19.4. The summed E-state index contributed by atoms with van der Waals surface area (Å²) in [4.78, 5) is 4.00. The predicted octanol–water partition coefficient (Wildman–Crippen LogP) is 3.27. The van der Waals surface area contributed by atoms with E-state index in [1.54, 1.807) is 12.4 Å². The van der Waals surface area contributed by atoms with Crippen LogP contribution in [0.15, 0.2) is 24.5 Å². The molecule has 2 rings (SSSR count). The lowest BCUT2D eigenvalue weighted by Crippen LogP contribution is -2.15. The molecule has 0 bridgehead atoms. The average molecular weight is 200 g/mol. The SMILES string of the molecule is N#CC(c1ccncc1)C1CCCCC1. The summed E-state index contributed by atoms with van der Waals surface area (Å²) in [5, 5.41) is 9.26. The standard InChI is InChI=1S/C13H16N2/c14-10-13(11-4-2-1-3-5-11)12-6-8-15-9-7-12/h6-9,11,13H,1-5H2. The van der Waals surface area contributed by atoms with Crippen LogP contribution in [0.4, 0.5) is 0 Å². The fraction of sp³-hybridized carbons (Fsp3) is 0.538. The van der Waals surface area contributed by atoms with Crippen LogP contribution >= 0.6 is 0 Å². The summed E-state index contributed by atoms with van der Waals surface area (Å²) in [6, 6.07) is 6.41. The Balaban J connectivity index is 2.14. The van der Waals surface area contributed by atoms with Gasteiger partial charge in [0.2, 0.25) is 0 Å². The van der Waals surface area contributed by atoms with Crippen molar-refractivity contribution in [1.82, 2.24) is 4.98 Å². The minimum atomic E-state index is 0.0771. The zero-order valence-corrected chi connectivity index (χ0v) is 8.89. The third kappa shape index (κ3) is 2.36. The molecule has 2 heteroatoms. The number of hydrogen-bond acceptors (Lipinski definition) is 2. The fourth-order valence-corrected chi connectivity index (χ4v) is 2.49. The van der Waals surface area contributed by atoms with E-state index in [1.807, 2.05) is 12.1 Å². The minimum Gasteiger partial charge on any atom is -0.265 e. The van der Waals surface area contributed by atoms with Gasteiger partial charge in [-0.1, -0.05) is 19.3 Å². The van der Waals surface area contributed by atoms with Crippen molar-refractivity contribution < 1.29 is 0 Å². The summed E-state index contributed by atoms with van der Waals surface area (Å²) in [6.07, 6.45) is 9.89. The monoisotopic (exact) mass is 200 g/mol. The summed E-state index contributed by atoms with van der Waals surface area (Å²) in [6.45, 7) is 0. The Kier molecular flexibility index (Phi) is 3.34. The molecule has 1 aliphatic carbocycles. The van der Waals surface area contributed by atoms with Crippen molar-refractivity contribution in [2.24, 2.45) is 5.92 Å². The molecule has 78 valence electrons. The number of nitrogens with zero attached hydrogens (tertiary/aromatic N) is 2. The lowest BCUT2D eigenvalue weighted by Gasteiger charge is -2.25. The minimum absolute atomic E-state index is 0.0771. The van der Waals surface area contributed by atoms with Crippen LogP contribution in [0, 0.1) is 17.2 Å².